The second-order valence-electron chi connectivity index (χ2n) is 4.33. The molecule has 1 N–H and O–H groups in total. The van der Waals surface area contributed by atoms with Crippen LogP contribution < -0.4 is 5.32 Å². The lowest BCUT2D eigenvalue weighted by molar-refractivity contribution is 1.14. The van der Waals surface area contributed by atoms with E-state index in [0.29, 0.717) is 0 Å². The van der Waals surface area contributed by atoms with Crippen LogP contribution in [0.3, 0.4) is 0 Å². The third-order valence-corrected chi connectivity index (χ3v) is 3.83. The smallest absolute Gasteiger partial charge is 0.0933 e. The molecule has 0 saturated carbocycles. The van der Waals surface area contributed by atoms with Crippen LogP contribution in [0.2, 0.25) is 0 Å². The van der Waals surface area contributed by atoms with Crippen molar-refractivity contribution in [2.75, 3.05) is 5.32 Å². The highest BCUT2D eigenvalue weighted by Gasteiger charge is 2.02. The molecule has 0 aliphatic heterocycles. The first kappa shape index (κ1) is 12.2. The summed E-state index contributed by atoms with van der Waals surface area (Å²) in [4.78, 5) is 4.44. The summed E-state index contributed by atoms with van der Waals surface area (Å²) in [7, 11) is 0. The molecular weight excluding hydrogens is 300 g/mol. The van der Waals surface area contributed by atoms with Crippen LogP contribution in [0, 0.1) is 0 Å². The van der Waals surface area contributed by atoms with Gasteiger partial charge in [0.1, 0.15) is 0 Å². The summed E-state index contributed by atoms with van der Waals surface area (Å²) in [5.74, 6) is 0. The van der Waals surface area contributed by atoms with Crippen molar-refractivity contribution in [3.05, 3.63) is 70.8 Å². The van der Waals surface area contributed by atoms with Crippen LogP contribution in [0.15, 0.2) is 65.3 Å². The molecule has 1 heterocycles. The Morgan fingerprint density at radius 3 is 2.68 bits per heavy atom. The molecule has 3 rings (SSSR count). The van der Waals surface area contributed by atoms with Crippen molar-refractivity contribution in [3.8, 4) is 0 Å². The number of fused-ring (bicyclic) bond motifs is 1. The van der Waals surface area contributed by atoms with Crippen LogP contribution in [0.5, 0.6) is 0 Å². The average Bonchev–Trinajstić information content (AvgIpc) is 2.46. The molecule has 0 aliphatic carbocycles. The van der Waals surface area contributed by atoms with E-state index < -0.39 is 0 Å². The SMILES string of the molecule is Brc1ccccc1CNc1cccc2cccnc12. The van der Waals surface area contributed by atoms with Gasteiger partial charge in [0.25, 0.3) is 0 Å². The molecule has 19 heavy (non-hydrogen) atoms. The summed E-state index contributed by atoms with van der Waals surface area (Å²) in [6, 6.07) is 18.4. The molecule has 0 bridgehead atoms. The van der Waals surface area contributed by atoms with E-state index in [2.05, 4.69) is 56.6 Å². The Morgan fingerprint density at radius 1 is 0.947 bits per heavy atom. The number of nitrogens with one attached hydrogen (secondary N) is 1. The fourth-order valence-electron chi connectivity index (χ4n) is 2.08. The summed E-state index contributed by atoms with van der Waals surface area (Å²) < 4.78 is 1.12. The summed E-state index contributed by atoms with van der Waals surface area (Å²) in [5.41, 5.74) is 3.31. The van der Waals surface area contributed by atoms with Gasteiger partial charge in [0, 0.05) is 22.6 Å². The van der Waals surface area contributed by atoms with E-state index in [-0.39, 0.29) is 0 Å². The van der Waals surface area contributed by atoms with Crippen LogP contribution in [0.25, 0.3) is 10.9 Å². The normalized spacial score (nSPS) is 10.6. The first-order valence-corrected chi connectivity index (χ1v) is 6.95. The van der Waals surface area contributed by atoms with Gasteiger partial charge in [0.2, 0.25) is 0 Å². The van der Waals surface area contributed by atoms with E-state index in [9.17, 15) is 0 Å². The van der Waals surface area contributed by atoms with E-state index in [1.165, 1.54) is 5.56 Å². The lowest BCUT2D eigenvalue weighted by atomic mass is 10.1. The van der Waals surface area contributed by atoms with Crippen LogP contribution >= 0.6 is 15.9 Å². The van der Waals surface area contributed by atoms with E-state index in [1.807, 2.05) is 30.5 Å². The number of aromatic nitrogens is 1. The van der Waals surface area contributed by atoms with E-state index in [4.69, 9.17) is 0 Å². The largest absolute Gasteiger partial charge is 0.379 e. The van der Waals surface area contributed by atoms with Gasteiger partial charge in [-0.05, 0) is 23.8 Å². The molecule has 0 atom stereocenters. The molecule has 1 aromatic heterocycles. The zero-order valence-electron chi connectivity index (χ0n) is 10.3. The molecule has 2 nitrogen and oxygen atoms in total. The van der Waals surface area contributed by atoms with Gasteiger partial charge in [-0.1, -0.05) is 52.3 Å². The molecule has 0 spiro atoms. The number of rotatable bonds is 3. The highest BCUT2D eigenvalue weighted by atomic mass is 79.9. The zero-order valence-corrected chi connectivity index (χ0v) is 11.9. The number of hydrogen-bond acceptors (Lipinski definition) is 2. The number of hydrogen-bond donors (Lipinski definition) is 1. The number of pyridine rings is 1. The minimum Gasteiger partial charge on any atom is -0.379 e. The minimum absolute atomic E-state index is 0.775. The Balaban J connectivity index is 1.88. The lowest BCUT2D eigenvalue weighted by Crippen LogP contribution is -2.01. The Bertz CT molecular complexity index is 704. The maximum absolute atomic E-state index is 4.44. The Labute approximate surface area is 120 Å². The second-order valence-corrected chi connectivity index (χ2v) is 5.18. The topological polar surface area (TPSA) is 24.9 Å². The van der Waals surface area contributed by atoms with E-state index in [1.54, 1.807) is 0 Å². The van der Waals surface area contributed by atoms with Crippen molar-refractivity contribution < 1.29 is 0 Å². The minimum atomic E-state index is 0.775. The van der Waals surface area contributed by atoms with Gasteiger partial charge in [-0.15, -0.1) is 0 Å². The first-order valence-electron chi connectivity index (χ1n) is 6.15. The van der Waals surface area contributed by atoms with Gasteiger partial charge in [-0.25, -0.2) is 0 Å². The second kappa shape index (κ2) is 5.41. The van der Waals surface area contributed by atoms with Gasteiger partial charge in [0.05, 0.1) is 11.2 Å². The van der Waals surface area contributed by atoms with Crippen LogP contribution in [-0.4, -0.2) is 4.98 Å². The predicted octanol–water partition coefficient (Wildman–Crippen LogP) is 4.61. The molecule has 0 fully saturated rings. The third kappa shape index (κ3) is 2.61. The summed E-state index contributed by atoms with van der Waals surface area (Å²) in [5, 5.41) is 4.60. The van der Waals surface area contributed by atoms with Crippen molar-refractivity contribution >= 4 is 32.5 Å². The van der Waals surface area contributed by atoms with Crippen molar-refractivity contribution in [1.82, 2.24) is 4.98 Å². The van der Waals surface area contributed by atoms with Gasteiger partial charge in [0.15, 0.2) is 0 Å². The quantitative estimate of drug-likeness (QED) is 0.764. The fraction of sp³-hybridized carbons (Fsp3) is 0.0625. The number of para-hydroxylation sites is 1. The maximum Gasteiger partial charge on any atom is 0.0933 e. The van der Waals surface area contributed by atoms with Crippen LogP contribution in [-0.2, 0) is 6.54 Å². The van der Waals surface area contributed by atoms with Gasteiger partial charge in [-0.2, -0.15) is 0 Å². The summed E-state index contributed by atoms with van der Waals surface area (Å²) >= 11 is 3.56. The number of benzene rings is 2. The molecule has 0 saturated heterocycles. The fourth-order valence-corrected chi connectivity index (χ4v) is 2.50. The van der Waals surface area contributed by atoms with Crippen molar-refractivity contribution in [2.24, 2.45) is 0 Å². The number of halogens is 1. The van der Waals surface area contributed by atoms with Gasteiger partial charge in [-0.3, -0.25) is 4.98 Å². The molecule has 3 heteroatoms. The monoisotopic (exact) mass is 312 g/mol. The zero-order chi connectivity index (χ0) is 13.1. The molecule has 0 aliphatic rings. The van der Waals surface area contributed by atoms with Gasteiger partial charge < -0.3 is 5.32 Å². The molecule has 94 valence electrons. The molecule has 0 radical (unpaired) electrons. The third-order valence-electron chi connectivity index (χ3n) is 3.06. The molecular formula is C16H13BrN2. The highest BCUT2D eigenvalue weighted by molar-refractivity contribution is 9.10. The molecule has 0 unspecified atom stereocenters. The van der Waals surface area contributed by atoms with Crippen molar-refractivity contribution in [3.63, 3.8) is 0 Å². The van der Waals surface area contributed by atoms with E-state index in [0.717, 1.165) is 27.6 Å². The predicted molar refractivity (Wildman–Crippen MR) is 83.2 cm³/mol. The lowest BCUT2D eigenvalue weighted by Gasteiger charge is -2.10. The number of anilines is 1. The molecule has 0 amide bonds. The van der Waals surface area contributed by atoms with Crippen LogP contribution in [0.1, 0.15) is 5.56 Å². The van der Waals surface area contributed by atoms with Crippen LogP contribution in [0.4, 0.5) is 5.69 Å². The maximum atomic E-state index is 4.44. The molecule has 2 aromatic carbocycles. The first-order chi connectivity index (χ1) is 9.34. The summed E-state index contributed by atoms with van der Waals surface area (Å²) in [6.45, 7) is 0.775. The molecule has 3 aromatic rings. The Kier molecular flexibility index (Phi) is 3.47. The average molecular weight is 313 g/mol. The Morgan fingerprint density at radius 2 is 1.79 bits per heavy atom. The van der Waals surface area contributed by atoms with Crippen molar-refractivity contribution in [1.29, 1.82) is 0 Å². The Hall–Kier alpha value is -1.87. The highest BCUT2D eigenvalue weighted by Crippen LogP contribution is 2.22. The van der Waals surface area contributed by atoms with Crippen molar-refractivity contribution in [2.45, 2.75) is 6.54 Å². The standard InChI is InChI=1S/C16H13BrN2/c17-14-8-2-1-5-13(14)11-19-15-9-3-6-12-7-4-10-18-16(12)15/h1-10,19H,11H2. The van der Waals surface area contributed by atoms with Gasteiger partial charge >= 0.3 is 0 Å². The summed E-state index contributed by atoms with van der Waals surface area (Å²) in [6.07, 6.45) is 1.83. The van der Waals surface area contributed by atoms with E-state index >= 15 is 0 Å². The number of nitrogens with zero attached hydrogens (tertiary/aromatic N) is 1.